The zero-order chi connectivity index (χ0) is 11.3. The van der Waals surface area contributed by atoms with Gasteiger partial charge in [0, 0.05) is 18.2 Å². The summed E-state index contributed by atoms with van der Waals surface area (Å²) in [5.41, 5.74) is 0.349. The molecule has 1 saturated carbocycles. The molecule has 15 heavy (non-hydrogen) atoms. The molecule has 1 unspecified atom stereocenters. The van der Waals surface area contributed by atoms with E-state index in [4.69, 9.17) is 5.11 Å². The van der Waals surface area contributed by atoms with Gasteiger partial charge in [-0.05, 0) is 58.3 Å². The number of hydrogen-bond acceptors (Lipinski definition) is 2. The Morgan fingerprint density at radius 1 is 1.40 bits per heavy atom. The van der Waals surface area contributed by atoms with Crippen molar-refractivity contribution in [3.63, 3.8) is 0 Å². The van der Waals surface area contributed by atoms with E-state index in [0.717, 1.165) is 18.8 Å². The van der Waals surface area contributed by atoms with Crippen molar-refractivity contribution in [1.82, 2.24) is 5.32 Å². The van der Waals surface area contributed by atoms with Crippen LogP contribution in [0.2, 0.25) is 0 Å². The van der Waals surface area contributed by atoms with Gasteiger partial charge in [0.15, 0.2) is 0 Å². The van der Waals surface area contributed by atoms with Gasteiger partial charge in [-0.1, -0.05) is 6.92 Å². The van der Waals surface area contributed by atoms with Crippen LogP contribution in [0.1, 0.15) is 59.3 Å². The number of rotatable bonds is 5. The van der Waals surface area contributed by atoms with Crippen molar-refractivity contribution in [3.8, 4) is 0 Å². The molecule has 1 rings (SSSR count). The van der Waals surface area contributed by atoms with Crippen LogP contribution in [0.5, 0.6) is 0 Å². The number of nitrogens with one attached hydrogen (secondary N) is 1. The van der Waals surface area contributed by atoms with Gasteiger partial charge >= 0.3 is 0 Å². The fourth-order valence-corrected chi connectivity index (χ4v) is 2.61. The highest BCUT2D eigenvalue weighted by atomic mass is 16.2. The van der Waals surface area contributed by atoms with E-state index in [1.54, 1.807) is 0 Å². The first kappa shape index (κ1) is 13.0. The minimum atomic E-state index is 0.319. The second-order valence-corrected chi connectivity index (χ2v) is 5.65. The van der Waals surface area contributed by atoms with Crippen molar-refractivity contribution >= 4 is 0 Å². The summed E-state index contributed by atoms with van der Waals surface area (Å²) < 4.78 is 0. The van der Waals surface area contributed by atoms with Crippen molar-refractivity contribution in [2.45, 2.75) is 70.9 Å². The maximum atomic E-state index is 8.79. The second kappa shape index (κ2) is 5.86. The molecule has 0 aromatic carbocycles. The van der Waals surface area contributed by atoms with Gasteiger partial charge in [0.25, 0.3) is 0 Å². The van der Waals surface area contributed by atoms with Crippen molar-refractivity contribution in [1.29, 1.82) is 0 Å². The molecule has 0 radical (unpaired) electrons. The molecule has 0 spiro atoms. The van der Waals surface area contributed by atoms with E-state index in [1.165, 1.54) is 25.7 Å². The lowest BCUT2D eigenvalue weighted by molar-refractivity contribution is 0.190. The molecule has 2 N–H and O–H groups in total. The highest BCUT2D eigenvalue weighted by molar-refractivity contribution is 4.89. The highest BCUT2D eigenvalue weighted by Gasteiger charge is 2.30. The van der Waals surface area contributed by atoms with Crippen molar-refractivity contribution < 1.29 is 5.11 Å². The molecular weight excluding hydrogens is 186 g/mol. The third-order valence-corrected chi connectivity index (χ3v) is 3.77. The minimum Gasteiger partial charge on any atom is -0.396 e. The zero-order valence-corrected chi connectivity index (χ0v) is 10.6. The van der Waals surface area contributed by atoms with Gasteiger partial charge in [-0.15, -0.1) is 0 Å². The second-order valence-electron chi connectivity index (χ2n) is 5.65. The topological polar surface area (TPSA) is 32.3 Å². The van der Waals surface area contributed by atoms with Gasteiger partial charge in [0.05, 0.1) is 0 Å². The first-order valence-electron chi connectivity index (χ1n) is 6.44. The number of hydrogen-bond donors (Lipinski definition) is 2. The Kier molecular flexibility index (Phi) is 5.07. The minimum absolute atomic E-state index is 0.319. The Labute approximate surface area is 94.5 Å². The summed E-state index contributed by atoms with van der Waals surface area (Å²) in [5.74, 6) is 0.910. The van der Waals surface area contributed by atoms with Crippen LogP contribution in [-0.2, 0) is 0 Å². The van der Waals surface area contributed by atoms with Gasteiger partial charge in [-0.25, -0.2) is 0 Å². The van der Waals surface area contributed by atoms with E-state index in [2.05, 4.69) is 26.1 Å². The van der Waals surface area contributed by atoms with Crippen molar-refractivity contribution in [2.24, 2.45) is 5.92 Å². The van der Waals surface area contributed by atoms with Crippen LogP contribution >= 0.6 is 0 Å². The summed E-state index contributed by atoms with van der Waals surface area (Å²) in [5, 5.41) is 12.5. The largest absolute Gasteiger partial charge is 0.396 e. The third-order valence-electron chi connectivity index (χ3n) is 3.77. The first-order chi connectivity index (χ1) is 7.06. The van der Waals surface area contributed by atoms with Gasteiger partial charge in [-0.2, -0.15) is 0 Å². The van der Waals surface area contributed by atoms with E-state index in [0.29, 0.717) is 18.2 Å². The third kappa shape index (κ3) is 4.52. The highest BCUT2D eigenvalue weighted by Crippen LogP contribution is 2.31. The lowest BCUT2D eigenvalue weighted by Gasteiger charge is -2.39. The number of aliphatic hydroxyl groups excluding tert-OH is 1. The predicted molar refractivity (Wildman–Crippen MR) is 65.0 cm³/mol. The summed E-state index contributed by atoms with van der Waals surface area (Å²) in [6.07, 6.45) is 7.32. The normalized spacial score (nSPS) is 34.0. The van der Waals surface area contributed by atoms with Crippen LogP contribution in [-0.4, -0.2) is 23.3 Å². The van der Waals surface area contributed by atoms with E-state index in [-0.39, 0.29) is 0 Å². The fraction of sp³-hybridized carbons (Fsp3) is 1.00. The Morgan fingerprint density at radius 2 is 2.00 bits per heavy atom. The molecule has 0 aliphatic heterocycles. The standard InChI is InChI=1S/C13H27NO/c1-11-6-8-13(3,9-7-11)14-12(2)5-4-10-15/h11-12,14-15H,4-10H2,1-3H3. The summed E-state index contributed by atoms with van der Waals surface area (Å²) >= 11 is 0. The van der Waals surface area contributed by atoms with Crippen LogP contribution in [0, 0.1) is 5.92 Å². The average molecular weight is 213 g/mol. The average Bonchev–Trinajstić information content (AvgIpc) is 2.20. The molecule has 2 heteroatoms. The SMILES string of the molecule is CC1CCC(C)(NC(C)CCCO)CC1. The summed E-state index contributed by atoms with van der Waals surface area (Å²) in [6.45, 7) is 7.27. The Balaban J connectivity index is 2.29. The van der Waals surface area contributed by atoms with Crippen molar-refractivity contribution in [3.05, 3.63) is 0 Å². The van der Waals surface area contributed by atoms with E-state index >= 15 is 0 Å². The Morgan fingerprint density at radius 3 is 2.53 bits per heavy atom. The molecule has 0 bridgehead atoms. The van der Waals surface area contributed by atoms with E-state index in [9.17, 15) is 0 Å². The molecule has 0 amide bonds. The molecule has 90 valence electrons. The van der Waals surface area contributed by atoms with E-state index in [1.807, 2.05) is 0 Å². The van der Waals surface area contributed by atoms with Crippen LogP contribution in [0.3, 0.4) is 0 Å². The van der Waals surface area contributed by atoms with Crippen LogP contribution < -0.4 is 5.32 Å². The van der Waals surface area contributed by atoms with Gasteiger partial charge in [0.2, 0.25) is 0 Å². The lowest BCUT2D eigenvalue weighted by atomic mass is 9.78. The molecule has 0 heterocycles. The van der Waals surface area contributed by atoms with Crippen molar-refractivity contribution in [2.75, 3.05) is 6.61 Å². The molecule has 2 nitrogen and oxygen atoms in total. The molecule has 0 saturated heterocycles. The maximum absolute atomic E-state index is 8.79. The van der Waals surface area contributed by atoms with Gasteiger partial charge in [0.1, 0.15) is 0 Å². The molecule has 1 aliphatic rings. The molecule has 1 fully saturated rings. The summed E-state index contributed by atoms with van der Waals surface area (Å²) in [6, 6.07) is 0.538. The van der Waals surface area contributed by atoms with Crippen LogP contribution in [0.15, 0.2) is 0 Å². The Bertz CT molecular complexity index is 173. The monoisotopic (exact) mass is 213 g/mol. The molecular formula is C13H27NO. The van der Waals surface area contributed by atoms with Gasteiger partial charge in [-0.3, -0.25) is 0 Å². The molecule has 1 atom stereocenters. The smallest absolute Gasteiger partial charge is 0.0431 e. The van der Waals surface area contributed by atoms with Gasteiger partial charge < -0.3 is 10.4 Å². The first-order valence-corrected chi connectivity index (χ1v) is 6.44. The Hall–Kier alpha value is -0.0800. The number of aliphatic hydroxyl groups is 1. The van der Waals surface area contributed by atoms with Crippen LogP contribution in [0.4, 0.5) is 0 Å². The molecule has 1 aliphatic carbocycles. The summed E-state index contributed by atoms with van der Waals surface area (Å²) in [4.78, 5) is 0. The quantitative estimate of drug-likeness (QED) is 0.736. The summed E-state index contributed by atoms with van der Waals surface area (Å²) in [7, 11) is 0. The maximum Gasteiger partial charge on any atom is 0.0431 e. The predicted octanol–water partition coefficient (Wildman–Crippen LogP) is 2.71. The lowest BCUT2D eigenvalue weighted by Crippen LogP contribution is -2.49. The van der Waals surface area contributed by atoms with E-state index < -0.39 is 0 Å². The zero-order valence-electron chi connectivity index (χ0n) is 10.6. The molecule has 0 aromatic heterocycles. The van der Waals surface area contributed by atoms with Crippen LogP contribution in [0.25, 0.3) is 0 Å². The molecule has 0 aromatic rings. The fourth-order valence-electron chi connectivity index (χ4n) is 2.61.